The standard InChI is InChI=1S/C21H25F3N4O4S/c1-25-33(30,31)14-16-4-2-15(3-5-16)13-26-20(29)27-18-12-17(21(22,23)24)6-7-19(18)28-8-10-32-11-9-28/h2-7,12,25H,8-11,13-14H2,1H3,(H2,26,27,29). The van der Waals surface area contributed by atoms with Gasteiger partial charge in [-0.15, -0.1) is 0 Å². The molecule has 0 aromatic heterocycles. The number of amides is 2. The Balaban J connectivity index is 1.67. The first-order valence-corrected chi connectivity index (χ1v) is 11.8. The highest BCUT2D eigenvalue weighted by atomic mass is 32.2. The fraction of sp³-hybridized carbons (Fsp3) is 0.381. The Morgan fingerprint density at radius 1 is 1.06 bits per heavy atom. The number of morpholine rings is 1. The summed E-state index contributed by atoms with van der Waals surface area (Å²) in [5.41, 5.74) is 0.959. The lowest BCUT2D eigenvalue weighted by molar-refractivity contribution is -0.137. The predicted octanol–water partition coefficient (Wildman–Crippen LogP) is 2.91. The number of urea groups is 1. The third-order valence-electron chi connectivity index (χ3n) is 5.07. The van der Waals surface area contributed by atoms with Crippen molar-refractivity contribution < 1.29 is 31.1 Å². The Morgan fingerprint density at radius 2 is 1.70 bits per heavy atom. The number of nitrogens with one attached hydrogen (secondary N) is 3. The number of rotatable bonds is 7. The van der Waals surface area contributed by atoms with E-state index in [0.29, 0.717) is 43.1 Å². The van der Waals surface area contributed by atoms with Crippen molar-refractivity contribution in [2.24, 2.45) is 0 Å². The van der Waals surface area contributed by atoms with Crippen molar-refractivity contribution in [3.05, 3.63) is 59.2 Å². The van der Waals surface area contributed by atoms with Gasteiger partial charge in [-0.3, -0.25) is 0 Å². The van der Waals surface area contributed by atoms with Crippen LogP contribution in [0.4, 0.5) is 29.3 Å². The van der Waals surface area contributed by atoms with Crippen LogP contribution in [0.15, 0.2) is 42.5 Å². The van der Waals surface area contributed by atoms with Crippen LogP contribution in [0.1, 0.15) is 16.7 Å². The van der Waals surface area contributed by atoms with Gasteiger partial charge in [0.15, 0.2) is 0 Å². The van der Waals surface area contributed by atoms with Crippen LogP contribution < -0.4 is 20.3 Å². The molecule has 0 atom stereocenters. The van der Waals surface area contributed by atoms with Crippen molar-refractivity contribution in [3.8, 4) is 0 Å². The summed E-state index contributed by atoms with van der Waals surface area (Å²) in [4.78, 5) is 14.3. The normalized spacial score (nSPS) is 14.7. The Hall–Kier alpha value is -2.83. The Bertz CT molecular complexity index is 1070. The van der Waals surface area contributed by atoms with Crippen LogP contribution in [-0.4, -0.2) is 47.8 Å². The van der Waals surface area contributed by atoms with Crippen molar-refractivity contribution in [3.63, 3.8) is 0 Å². The molecule has 33 heavy (non-hydrogen) atoms. The molecule has 1 heterocycles. The molecule has 0 radical (unpaired) electrons. The molecule has 2 amide bonds. The summed E-state index contributed by atoms with van der Waals surface area (Å²) >= 11 is 0. The summed E-state index contributed by atoms with van der Waals surface area (Å²) in [6.45, 7) is 1.99. The van der Waals surface area contributed by atoms with Gasteiger partial charge in [-0.2, -0.15) is 13.2 Å². The van der Waals surface area contributed by atoms with Crippen LogP contribution in [-0.2, 0) is 33.2 Å². The van der Waals surface area contributed by atoms with E-state index in [-0.39, 0.29) is 18.0 Å². The van der Waals surface area contributed by atoms with E-state index in [1.165, 1.54) is 13.1 Å². The second kappa shape index (κ2) is 10.4. The fourth-order valence-electron chi connectivity index (χ4n) is 3.29. The maximum Gasteiger partial charge on any atom is 0.416 e. The molecular formula is C21H25F3N4O4S. The van der Waals surface area contributed by atoms with E-state index >= 15 is 0 Å². The second-order valence-corrected chi connectivity index (χ2v) is 9.34. The molecule has 1 saturated heterocycles. The van der Waals surface area contributed by atoms with Crippen LogP contribution in [0.25, 0.3) is 0 Å². The SMILES string of the molecule is CNS(=O)(=O)Cc1ccc(CNC(=O)Nc2cc(C(F)(F)F)ccc2N2CCOCC2)cc1. The van der Waals surface area contributed by atoms with Gasteiger partial charge < -0.3 is 20.3 Å². The Labute approximate surface area is 190 Å². The number of hydrogen-bond acceptors (Lipinski definition) is 5. The zero-order valence-electron chi connectivity index (χ0n) is 17.9. The number of ether oxygens (including phenoxy) is 1. The van der Waals surface area contributed by atoms with Crippen LogP contribution in [0, 0.1) is 0 Å². The average Bonchev–Trinajstić information content (AvgIpc) is 2.78. The van der Waals surface area contributed by atoms with Crippen LogP contribution in [0.3, 0.4) is 0 Å². The van der Waals surface area contributed by atoms with E-state index in [2.05, 4.69) is 15.4 Å². The van der Waals surface area contributed by atoms with Gasteiger partial charge in [-0.1, -0.05) is 24.3 Å². The van der Waals surface area contributed by atoms with Crippen LogP contribution in [0.2, 0.25) is 0 Å². The molecule has 0 spiro atoms. The molecule has 180 valence electrons. The minimum Gasteiger partial charge on any atom is -0.378 e. The highest BCUT2D eigenvalue weighted by Gasteiger charge is 2.32. The molecule has 3 N–H and O–H groups in total. The van der Waals surface area contributed by atoms with Gasteiger partial charge in [0.25, 0.3) is 0 Å². The molecule has 0 unspecified atom stereocenters. The Kier molecular flexibility index (Phi) is 7.82. The summed E-state index contributed by atoms with van der Waals surface area (Å²) in [5, 5.41) is 5.13. The zero-order chi connectivity index (χ0) is 24.1. The average molecular weight is 487 g/mol. The number of nitrogens with zero attached hydrogens (tertiary/aromatic N) is 1. The maximum atomic E-state index is 13.2. The van der Waals surface area contributed by atoms with Crippen molar-refractivity contribution in [1.82, 2.24) is 10.0 Å². The van der Waals surface area contributed by atoms with Gasteiger partial charge in [-0.25, -0.2) is 17.9 Å². The molecule has 3 rings (SSSR count). The lowest BCUT2D eigenvalue weighted by Gasteiger charge is -2.31. The largest absolute Gasteiger partial charge is 0.416 e. The molecule has 0 aliphatic carbocycles. The topological polar surface area (TPSA) is 99.8 Å². The minimum atomic E-state index is -4.54. The highest BCUT2D eigenvalue weighted by Crippen LogP contribution is 2.35. The van der Waals surface area contributed by atoms with E-state index in [1.54, 1.807) is 24.3 Å². The van der Waals surface area contributed by atoms with E-state index in [4.69, 9.17) is 4.74 Å². The summed E-state index contributed by atoms with van der Waals surface area (Å²) in [6.07, 6.45) is -4.54. The lowest BCUT2D eigenvalue weighted by Crippen LogP contribution is -2.37. The van der Waals surface area contributed by atoms with E-state index in [9.17, 15) is 26.4 Å². The molecule has 2 aromatic carbocycles. The van der Waals surface area contributed by atoms with Crippen molar-refractivity contribution in [1.29, 1.82) is 0 Å². The third-order valence-corrected chi connectivity index (χ3v) is 6.40. The molecular weight excluding hydrogens is 461 g/mol. The highest BCUT2D eigenvalue weighted by molar-refractivity contribution is 7.88. The van der Waals surface area contributed by atoms with Gasteiger partial charge >= 0.3 is 12.2 Å². The summed E-state index contributed by atoms with van der Waals surface area (Å²) < 4.78 is 70.4. The zero-order valence-corrected chi connectivity index (χ0v) is 18.7. The van der Waals surface area contributed by atoms with E-state index in [1.807, 2.05) is 4.90 Å². The predicted molar refractivity (Wildman–Crippen MR) is 118 cm³/mol. The molecule has 1 aliphatic rings. The van der Waals surface area contributed by atoms with Crippen molar-refractivity contribution in [2.75, 3.05) is 43.6 Å². The first kappa shape index (κ1) is 24.8. The first-order valence-electron chi connectivity index (χ1n) is 10.2. The lowest BCUT2D eigenvalue weighted by atomic mass is 10.1. The van der Waals surface area contributed by atoms with Gasteiger partial charge in [0.05, 0.1) is 35.9 Å². The van der Waals surface area contributed by atoms with Gasteiger partial charge in [0, 0.05) is 19.6 Å². The Morgan fingerprint density at radius 3 is 2.30 bits per heavy atom. The fourth-order valence-corrected chi connectivity index (χ4v) is 4.06. The van der Waals surface area contributed by atoms with Gasteiger partial charge in [0.1, 0.15) is 0 Å². The number of benzene rings is 2. The monoisotopic (exact) mass is 486 g/mol. The number of halogens is 3. The molecule has 0 saturated carbocycles. The van der Waals surface area contributed by atoms with Crippen LogP contribution >= 0.6 is 0 Å². The number of sulfonamides is 1. The number of hydrogen-bond donors (Lipinski definition) is 3. The van der Waals surface area contributed by atoms with Crippen LogP contribution in [0.5, 0.6) is 0 Å². The molecule has 8 nitrogen and oxygen atoms in total. The molecule has 2 aromatic rings. The number of carbonyl (C=O) groups excluding carboxylic acids is 1. The molecule has 1 fully saturated rings. The quantitative estimate of drug-likeness (QED) is 0.559. The smallest absolute Gasteiger partial charge is 0.378 e. The minimum absolute atomic E-state index is 0.0526. The second-order valence-electron chi connectivity index (χ2n) is 7.42. The number of alkyl halides is 3. The number of anilines is 2. The van der Waals surface area contributed by atoms with Gasteiger partial charge in [-0.05, 0) is 36.4 Å². The maximum absolute atomic E-state index is 13.2. The van der Waals surface area contributed by atoms with E-state index < -0.39 is 27.8 Å². The van der Waals surface area contributed by atoms with Gasteiger partial charge in [0.2, 0.25) is 10.0 Å². The van der Waals surface area contributed by atoms with Crippen molar-refractivity contribution in [2.45, 2.75) is 18.5 Å². The molecule has 12 heteroatoms. The summed E-state index contributed by atoms with van der Waals surface area (Å²) in [6, 6.07) is 9.20. The summed E-state index contributed by atoms with van der Waals surface area (Å²) in [5.74, 6) is -0.169. The first-order chi connectivity index (χ1) is 15.6. The molecule has 0 bridgehead atoms. The molecule has 1 aliphatic heterocycles. The number of carbonyl (C=O) groups is 1. The van der Waals surface area contributed by atoms with E-state index in [0.717, 1.165) is 12.1 Å². The third kappa shape index (κ3) is 7.07. The summed E-state index contributed by atoms with van der Waals surface area (Å²) in [7, 11) is -2.06. The van der Waals surface area contributed by atoms with Crippen molar-refractivity contribution >= 4 is 27.4 Å².